The van der Waals surface area contributed by atoms with Gasteiger partial charge in [0.2, 0.25) is 0 Å². The van der Waals surface area contributed by atoms with Crippen LogP contribution in [0.4, 0.5) is 5.13 Å². The van der Waals surface area contributed by atoms with E-state index in [-0.39, 0.29) is 5.78 Å². The highest BCUT2D eigenvalue weighted by molar-refractivity contribution is 7.17. The van der Waals surface area contributed by atoms with E-state index in [1.165, 1.54) is 24.2 Å². The minimum atomic E-state index is 0.0797. The van der Waals surface area contributed by atoms with Crippen molar-refractivity contribution in [3.8, 4) is 0 Å². The number of ether oxygens (including phenoxy) is 1. The average Bonchev–Trinajstić information content (AvgIpc) is 2.79. The number of anilines is 1. The van der Waals surface area contributed by atoms with E-state index in [1.807, 2.05) is 7.05 Å². The van der Waals surface area contributed by atoms with Crippen LogP contribution in [0, 0.1) is 0 Å². The molecular weight excluding hydrogens is 236 g/mol. The van der Waals surface area contributed by atoms with Crippen molar-refractivity contribution in [1.82, 2.24) is 4.98 Å². The van der Waals surface area contributed by atoms with Crippen molar-refractivity contribution in [2.24, 2.45) is 0 Å². The highest BCUT2D eigenvalue weighted by atomic mass is 32.1. The third kappa shape index (κ3) is 3.26. The fourth-order valence-corrected chi connectivity index (χ4v) is 2.72. The zero-order valence-electron chi connectivity index (χ0n) is 10.3. The Hall–Kier alpha value is -0.940. The van der Waals surface area contributed by atoms with Gasteiger partial charge in [-0.15, -0.1) is 0 Å². The highest BCUT2D eigenvalue weighted by Crippen LogP contribution is 2.23. The van der Waals surface area contributed by atoms with Gasteiger partial charge >= 0.3 is 0 Å². The molecule has 1 atom stereocenters. The average molecular weight is 254 g/mol. The summed E-state index contributed by atoms with van der Waals surface area (Å²) in [5.41, 5.74) is 0. The molecule has 1 unspecified atom stereocenters. The summed E-state index contributed by atoms with van der Waals surface area (Å²) < 4.78 is 5.69. The quantitative estimate of drug-likeness (QED) is 0.774. The molecule has 4 nitrogen and oxygen atoms in total. The van der Waals surface area contributed by atoms with Gasteiger partial charge in [0.05, 0.1) is 17.2 Å². The third-order valence-corrected chi connectivity index (χ3v) is 4.13. The number of ketones is 1. The van der Waals surface area contributed by atoms with Gasteiger partial charge in [0, 0.05) is 27.1 Å². The van der Waals surface area contributed by atoms with E-state index < -0.39 is 0 Å². The summed E-state index contributed by atoms with van der Waals surface area (Å²) >= 11 is 1.45. The lowest BCUT2D eigenvalue weighted by Crippen LogP contribution is -2.33. The summed E-state index contributed by atoms with van der Waals surface area (Å²) in [5, 5.41) is 0.893. The molecule has 0 radical (unpaired) electrons. The van der Waals surface area contributed by atoms with Crippen LogP contribution >= 0.6 is 11.3 Å². The predicted octanol–water partition coefficient (Wildman–Crippen LogP) is 2.35. The first kappa shape index (κ1) is 12.5. The molecule has 1 saturated heterocycles. The molecule has 1 aromatic heterocycles. The molecule has 0 aliphatic carbocycles. The van der Waals surface area contributed by atoms with Crippen LogP contribution in [0.1, 0.15) is 35.9 Å². The van der Waals surface area contributed by atoms with Crippen molar-refractivity contribution in [3.05, 3.63) is 11.1 Å². The van der Waals surface area contributed by atoms with Crippen LogP contribution in [0.15, 0.2) is 6.20 Å². The van der Waals surface area contributed by atoms with Crippen LogP contribution < -0.4 is 4.90 Å². The fourth-order valence-electron chi connectivity index (χ4n) is 1.94. The van der Waals surface area contributed by atoms with E-state index in [2.05, 4.69) is 9.88 Å². The molecule has 0 amide bonds. The summed E-state index contributed by atoms with van der Waals surface area (Å²) in [6.45, 7) is 3.29. The number of thiazole rings is 1. The molecule has 1 aromatic rings. The molecule has 1 aliphatic heterocycles. The standard InChI is InChI=1S/C12H18N2O2S/c1-9(15)11-7-13-12(17-11)14(2)8-10-5-3-4-6-16-10/h7,10H,3-6,8H2,1-2H3. The van der Waals surface area contributed by atoms with Crippen molar-refractivity contribution in [3.63, 3.8) is 0 Å². The second-order valence-electron chi connectivity index (χ2n) is 4.43. The lowest BCUT2D eigenvalue weighted by Gasteiger charge is -2.27. The predicted molar refractivity (Wildman–Crippen MR) is 69.0 cm³/mol. The number of nitrogens with zero attached hydrogens (tertiary/aromatic N) is 2. The SMILES string of the molecule is CC(=O)c1cnc(N(C)CC2CCCCO2)s1. The lowest BCUT2D eigenvalue weighted by atomic mass is 10.1. The van der Waals surface area contributed by atoms with E-state index >= 15 is 0 Å². The first-order valence-corrected chi connectivity index (χ1v) is 6.78. The molecule has 17 heavy (non-hydrogen) atoms. The lowest BCUT2D eigenvalue weighted by molar-refractivity contribution is 0.0216. The first-order valence-electron chi connectivity index (χ1n) is 5.96. The minimum Gasteiger partial charge on any atom is -0.376 e. The molecule has 1 aliphatic rings. The number of rotatable bonds is 4. The van der Waals surface area contributed by atoms with Gasteiger partial charge < -0.3 is 9.64 Å². The number of hydrogen-bond donors (Lipinski definition) is 0. The van der Waals surface area contributed by atoms with E-state index in [1.54, 1.807) is 13.1 Å². The molecule has 0 spiro atoms. The number of carbonyl (C=O) groups is 1. The molecule has 2 heterocycles. The molecular formula is C12H18N2O2S. The van der Waals surface area contributed by atoms with Gasteiger partial charge in [0.25, 0.3) is 0 Å². The normalized spacial score (nSPS) is 20.2. The molecule has 5 heteroatoms. The second-order valence-corrected chi connectivity index (χ2v) is 5.44. The van der Waals surface area contributed by atoms with Crippen molar-refractivity contribution < 1.29 is 9.53 Å². The number of hydrogen-bond acceptors (Lipinski definition) is 5. The third-order valence-electron chi connectivity index (χ3n) is 2.92. The summed E-state index contributed by atoms with van der Waals surface area (Å²) in [5.74, 6) is 0.0797. The smallest absolute Gasteiger partial charge is 0.185 e. The Morgan fingerprint density at radius 3 is 3.06 bits per heavy atom. The van der Waals surface area contributed by atoms with Crippen LogP contribution in [-0.2, 0) is 4.74 Å². The Bertz CT molecular complexity index is 386. The van der Waals surface area contributed by atoms with Crippen LogP contribution in [0.5, 0.6) is 0 Å². The molecule has 2 rings (SSSR count). The maximum Gasteiger partial charge on any atom is 0.185 e. The molecule has 0 saturated carbocycles. The summed E-state index contributed by atoms with van der Waals surface area (Å²) in [6, 6.07) is 0. The highest BCUT2D eigenvalue weighted by Gasteiger charge is 2.18. The summed E-state index contributed by atoms with van der Waals surface area (Å²) in [7, 11) is 2.00. The fraction of sp³-hybridized carbons (Fsp3) is 0.667. The van der Waals surface area contributed by atoms with Gasteiger partial charge in [0.15, 0.2) is 10.9 Å². The van der Waals surface area contributed by atoms with Crippen LogP contribution in [0.2, 0.25) is 0 Å². The van der Waals surface area contributed by atoms with E-state index in [4.69, 9.17) is 4.74 Å². The molecule has 94 valence electrons. The van der Waals surface area contributed by atoms with Crippen LogP contribution in [0.3, 0.4) is 0 Å². The second kappa shape index (κ2) is 5.60. The van der Waals surface area contributed by atoms with Gasteiger partial charge in [-0.3, -0.25) is 4.79 Å². The number of aromatic nitrogens is 1. The van der Waals surface area contributed by atoms with Gasteiger partial charge in [-0.25, -0.2) is 4.98 Å². The van der Waals surface area contributed by atoms with Gasteiger partial charge in [-0.05, 0) is 19.3 Å². The zero-order chi connectivity index (χ0) is 12.3. The Labute approximate surface area is 106 Å². The molecule has 0 bridgehead atoms. The molecule has 0 aromatic carbocycles. The molecule has 1 fully saturated rings. The minimum absolute atomic E-state index is 0.0797. The Morgan fingerprint density at radius 1 is 1.65 bits per heavy atom. The number of carbonyl (C=O) groups excluding carboxylic acids is 1. The maximum atomic E-state index is 11.2. The van der Waals surface area contributed by atoms with E-state index in [0.717, 1.165) is 29.6 Å². The monoisotopic (exact) mass is 254 g/mol. The Kier molecular flexibility index (Phi) is 4.12. The van der Waals surface area contributed by atoms with Gasteiger partial charge in [0.1, 0.15) is 0 Å². The van der Waals surface area contributed by atoms with Crippen molar-refractivity contribution in [2.75, 3.05) is 25.1 Å². The Balaban J connectivity index is 1.93. The van der Waals surface area contributed by atoms with Gasteiger partial charge in [-0.2, -0.15) is 0 Å². The first-order chi connectivity index (χ1) is 8.16. The number of likely N-dealkylation sites (N-methyl/N-ethyl adjacent to an activating group) is 1. The van der Waals surface area contributed by atoms with Crippen LogP contribution in [0.25, 0.3) is 0 Å². The largest absolute Gasteiger partial charge is 0.376 e. The Morgan fingerprint density at radius 2 is 2.47 bits per heavy atom. The van der Waals surface area contributed by atoms with Crippen molar-refractivity contribution in [2.45, 2.75) is 32.3 Å². The van der Waals surface area contributed by atoms with Crippen molar-refractivity contribution in [1.29, 1.82) is 0 Å². The topological polar surface area (TPSA) is 42.4 Å². The van der Waals surface area contributed by atoms with Crippen molar-refractivity contribution >= 4 is 22.3 Å². The summed E-state index contributed by atoms with van der Waals surface area (Å²) in [4.78, 5) is 18.3. The number of Topliss-reactive ketones (excluding diaryl/α,β-unsaturated/α-hetero) is 1. The summed E-state index contributed by atoms with van der Waals surface area (Å²) in [6.07, 6.45) is 5.50. The van der Waals surface area contributed by atoms with E-state index in [0.29, 0.717) is 6.10 Å². The van der Waals surface area contributed by atoms with Gasteiger partial charge in [-0.1, -0.05) is 11.3 Å². The molecule has 0 N–H and O–H groups in total. The zero-order valence-corrected chi connectivity index (χ0v) is 11.1. The maximum absolute atomic E-state index is 11.2. The van der Waals surface area contributed by atoms with E-state index in [9.17, 15) is 4.79 Å². The van der Waals surface area contributed by atoms with Crippen LogP contribution in [-0.4, -0.2) is 37.1 Å².